The number of amides is 1. The Balaban J connectivity index is 1.79. The molecule has 1 heterocycles. The fraction of sp³-hybridized carbons (Fsp3) is 0.250. The zero-order valence-electron chi connectivity index (χ0n) is 11.4. The van der Waals surface area contributed by atoms with Gasteiger partial charge in [-0.15, -0.1) is 0 Å². The number of halogens is 1. The summed E-state index contributed by atoms with van der Waals surface area (Å²) in [5, 5.41) is 2.83. The SMILES string of the molecule is Cc1cc(NC(=O)CCCc2ccccc2)ncc1Br. The molecular formula is C16H17BrN2O. The number of aromatic nitrogens is 1. The molecule has 1 N–H and O–H groups in total. The number of anilines is 1. The lowest BCUT2D eigenvalue weighted by atomic mass is 10.1. The summed E-state index contributed by atoms with van der Waals surface area (Å²) in [6.07, 6.45) is 3.97. The molecule has 0 saturated heterocycles. The third kappa shape index (κ3) is 4.46. The van der Waals surface area contributed by atoms with E-state index in [-0.39, 0.29) is 5.91 Å². The summed E-state index contributed by atoms with van der Waals surface area (Å²) >= 11 is 3.39. The van der Waals surface area contributed by atoms with E-state index in [4.69, 9.17) is 0 Å². The molecule has 0 bridgehead atoms. The van der Waals surface area contributed by atoms with Crippen LogP contribution < -0.4 is 5.32 Å². The summed E-state index contributed by atoms with van der Waals surface area (Å²) in [5.41, 5.74) is 2.32. The molecule has 1 aromatic carbocycles. The largest absolute Gasteiger partial charge is 0.311 e. The van der Waals surface area contributed by atoms with Crippen LogP contribution in [0.15, 0.2) is 47.1 Å². The third-order valence-electron chi connectivity index (χ3n) is 3.03. The van der Waals surface area contributed by atoms with Gasteiger partial charge in [-0.3, -0.25) is 4.79 Å². The summed E-state index contributed by atoms with van der Waals surface area (Å²) in [7, 11) is 0. The highest BCUT2D eigenvalue weighted by Gasteiger charge is 2.05. The average Bonchev–Trinajstić information content (AvgIpc) is 2.44. The fourth-order valence-electron chi connectivity index (χ4n) is 1.91. The smallest absolute Gasteiger partial charge is 0.225 e. The summed E-state index contributed by atoms with van der Waals surface area (Å²) < 4.78 is 0.944. The topological polar surface area (TPSA) is 42.0 Å². The van der Waals surface area contributed by atoms with Crippen molar-refractivity contribution in [3.05, 3.63) is 58.2 Å². The summed E-state index contributed by atoms with van der Waals surface area (Å²) in [4.78, 5) is 16.0. The lowest BCUT2D eigenvalue weighted by molar-refractivity contribution is -0.116. The molecule has 1 aromatic heterocycles. The molecule has 0 fully saturated rings. The standard InChI is InChI=1S/C16H17BrN2O/c1-12-10-15(18-11-14(12)17)19-16(20)9-5-8-13-6-3-2-4-7-13/h2-4,6-7,10-11H,5,8-9H2,1H3,(H,18,19,20). The predicted molar refractivity (Wildman–Crippen MR) is 84.7 cm³/mol. The molecule has 4 heteroatoms. The van der Waals surface area contributed by atoms with Crippen molar-refractivity contribution in [1.82, 2.24) is 4.98 Å². The maximum absolute atomic E-state index is 11.8. The zero-order valence-corrected chi connectivity index (χ0v) is 13.0. The van der Waals surface area contributed by atoms with Crippen molar-refractivity contribution in [1.29, 1.82) is 0 Å². The van der Waals surface area contributed by atoms with E-state index < -0.39 is 0 Å². The second-order valence-corrected chi connectivity index (χ2v) is 5.56. The van der Waals surface area contributed by atoms with Gasteiger partial charge < -0.3 is 5.32 Å². The third-order valence-corrected chi connectivity index (χ3v) is 3.86. The molecule has 2 aromatic rings. The van der Waals surface area contributed by atoms with Crippen LogP contribution in [0.1, 0.15) is 24.0 Å². The molecule has 0 saturated carbocycles. The van der Waals surface area contributed by atoms with Crippen LogP contribution in [0.5, 0.6) is 0 Å². The number of hydrogen-bond acceptors (Lipinski definition) is 2. The number of carbonyl (C=O) groups is 1. The van der Waals surface area contributed by atoms with Gasteiger partial charge in [0.1, 0.15) is 5.82 Å². The van der Waals surface area contributed by atoms with Crippen molar-refractivity contribution in [3.8, 4) is 0 Å². The van der Waals surface area contributed by atoms with Crippen molar-refractivity contribution >= 4 is 27.7 Å². The maximum atomic E-state index is 11.8. The first-order valence-corrected chi connectivity index (χ1v) is 7.40. The number of hydrogen-bond donors (Lipinski definition) is 1. The summed E-state index contributed by atoms with van der Waals surface area (Å²) in [5.74, 6) is 0.616. The van der Waals surface area contributed by atoms with Crippen LogP contribution in [0.4, 0.5) is 5.82 Å². The Morgan fingerprint density at radius 3 is 2.75 bits per heavy atom. The quantitative estimate of drug-likeness (QED) is 0.894. The van der Waals surface area contributed by atoms with Crippen LogP contribution in [0.3, 0.4) is 0 Å². The molecule has 104 valence electrons. The van der Waals surface area contributed by atoms with Gasteiger partial charge in [-0.2, -0.15) is 0 Å². The predicted octanol–water partition coefficient (Wildman–Crippen LogP) is 4.11. The normalized spacial score (nSPS) is 10.3. The highest BCUT2D eigenvalue weighted by Crippen LogP contribution is 2.17. The van der Waals surface area contributed by atoms with Crippen LogP contribution in [-0.4, -0.2) is 10.9 Å². The summed E-state index contributed by atoms with van der Waals surface area (Å²) in [6.45, 7) is 1.97. The Morgan fingerprint density at radius 1 is 1.30 bits per heavy atom. The van der Waals surface area contributed by atoms with Gasteiger partial charge in [-0.05, 0) is 52.9 Å². The van der Waals surface area contributed by atoms with Gasteiger partial charge in [0.05, 0.1) is 0 Å². The van der Waals surface area contributed by atoms with E-state index in [2.05, 4.69) is 38.4 Å². The highest BCUT2D eigenvalue weighted by atomic mass is 79.9. The number of nitrogens with zero attached hydrogens (tertiary/aromatic N) is 1. The molecule has 3 nitrogen and oxygen atoms in total. The molecule has 0 radical (unpaired) electrons. The molecular weight excluding hydrogens is 316 g/mol. The van der Waals surface area contributed by atoms with E-state index in [1.807, 2.05) is 31.2 Å². The minimum absolute atomic E-state index is 0.00940. The summed E-state index contributed by atoms with van der Waals surface area (Å²) in [6, 6.07) is 12.1. The number of nitrogens with one attached hydrogen (secondary N) is 1. The molecule has 0 unspecified atom stereocenters. The molecule has 0 aliphatic rings. The van der Waals surface area contributed by atoms with Gasteiger partial charge in [-0.1, -0.05) is 30.3 Å². The minimum Gasteiger partial charge on any atom is -0.311 e. The Labute approximate surface area is 127 Å². The van der Waals surface area contributed by atoms with Crippen LogP contribution in [0.2, 0.25) is 0 Å². The van der Waals surface area contributed by atoms with Crippen LogP contribution in [0, 0.1) is 6.92 Å². The first-order valence-electron chi connectivity index (χ1n) is 6.61. The first kappa shape index (κ1) is 14.7. The molecule has 2 rings (SSSR count). The monoisotopic (exact) mass is 332 g/mol. The number of rotatable bonds is 5. The first-order chi connectivity index (χ1) is 9.65. The van der Waals surface area contributed by atoms with E-state index in [1.165, 1.54) is 5.56 Å². The fourth-order valence-corrected chi connectivity index (χ4v) is 2.13. The number of carbonyl (C=O) groups excluding carboxylic acids is 1. The highest BCUT2D eigenvalue weighted by molar-refractivity contribution is 9.10. The Morgan fingerprint density at radius 2 is 2.05 bits per heavy atom. The number of aryl methyl sites for hydroxylation is 2. The number of benzene rings is 1. The molecule has 0 atom stereocenters. The van der Waals surface area contributed by atoms with Crippen molar-refractivity contribution in [2.75, 3.05) is 5.32 Å². The zero-order chi connectivity index (χ0) is 14.4. The second-order valence-electron chi connectivity index (χ2n) is 4.71. The van der Waals surface area contributed by atoms with Crippen molar-refractivity contribution < 1.29 is 4.79 Å². The van der Waals surface area contributed by atoms with E-state index in [0.29, 0.717) is 12.2 Å². The molecule has 1 amide bonds. The Bertz CT molecular complexity index is 584. The van der Waals surface area contributed by atoms with Gasteiger partial charge in [0.15, 0.2) is 0 Å². The van der Waals surface area contributed by atoms with E-state index >= 15 is 0 Å². The number of pyridine rings is 1. The Hall–Kier alpha value is -1.68. The molecule has 0 aliphatic carbocycles. The molecule has 0 aliphatic heterocycles. The second kappa shape index (κ2) is 7.20. The van der Waals surface area contributed by atoms with Crippen molar-refractivity contribution in [2.45, 2.75) is 26.2 Å². The van der Waals surface area contributed by atoms with Gasteiger partial charge in [0.25, 0.3) is 0 Å². The van der Waals surface area contributed by atoms with Gasteiger partial charge in [0.2, 0.25) is 5.91 Å². The van der Waals surface area contributed by atoms with E-state index in [9.17, 15) is 4.79 Å². The molecule has 0 spiro atoms. The average molecular weight is 333 g/mol. The van der Waals surface area contributed by atoms with Crippen molar-refractivity contribution in [2.24, 2.45) is 0 Å². The van der Waals surface area contributed by atoms with Crippen LogP contribution in [-0.2, 0) is 11.2 Å². The van der Waals surface area contributed by atoms with Gasteiger partial charge >= 0.3 is 0 Å². The lowest BCUT2D eigenvalue weighted by Crippen LogP contribution is -2.12. The Kier molecular flexibility index (Phi) is 5.30. The van der Waals surface area contributed by atoms with Crippen LogP contribution >= 0.6 is 15.9 Å². The van der Waals surface area contributed by atoms with Gasteiger partial charge in [0, 0.05) is 17.1 Å². The van der Waals surface area contributed by atoms with Gasteiger partial charge in [-0.25, -0.2) is 4.98 Å². The van der Waals surface area contributed by atoms with Crippen molar-refractivity contribution in [3.63, 3.8) is 0 Å². The van der Waals surface area contributed by atoms with E-state index in [1.54, 1.807) is 6.20 Å². The minimum atomic E-state index is 0.00940. The lowest BCUT2D eigenvalue weighted by Gasteiger charge is -2.06. The van der Waals surface area contributed by atoms with Crippen LogP contribution in [0.25, 0.3) is 0 Å². The van der Waals surface area contributed by atoms with E-state index in [0.717, 1.165) is 22.9 Å². The maximum Gasteiger partial charge on any atom is 0.225 e. The molecule has 20 heavy (non-hydrogen) atoms.